The number of allylic oxidation sites excluding steroid dienone is 2. The number of aliphatic imine (C=N–C) groups is 2. The molecule has 0 aromatic carbocycles. The predicted molar refractivity (Wildman–Crippen MR) is 76.6 cm³/mol. The van der Waals surface area contributed by atoms with Crippen molar-refractivity contribution in [2.24, 2.45) is 15.9 Å². The molecule has 2 aliphatic heterocycles. The first-order valence-corrected chi connectivity index (χ1v) is 7.23. The normalized spacial score (nSPS) is 27.6. The summed E-state index contributed by atoms with van der Waals surface area (Å²) >= 11 is 0. The standard InChI is InChI=1S/C15H24N2O/c18-15(14-7-4-10-17-12-14)8-2-1-5-13-6-3-9-16-11-13/h5,11-12,14-15,18H,1-4,6-10H2/b13-5+. The summed E-state index contributed by atoms with van der Waals surface area (Å²) in [6.45, 7) is 1.92. The number of aliphatic hydroxyl groups is 1. The van der Waals surface area contributed by atoms with E-state index >= 15 is 0 Å². The van der Waals surface area contributed by atoms with Crippen LogP contribution in [0.3, 0.4) is 0 Å². The van der Waals surface area contributed by atoms with Crippen LogP contribution in [0.5, 0.6) is 0 Å². The van der Waals surface area contributed by atoms with Crippen LogP contribution in [0, 0.1) is 5.92 Å². The summed E-state index contributed by atoms with van der Waals surface area (Å²) in [5.74, 6) is 0.294. The molecule has 0 amide bonds. The number of rotatable bonds is 5. The summed E-state index contributed by atoms with van der Waals surface area (Å²) in [4.78, 5) is 8.55. The van der Waals surface area contributed by atoms with Gasteiger partial charge < -0.3 is 5.11 Å². The molecule has 2 atom stereocenters. The topological polar surface area (TPSA) is 45.0 Å². The van der Waals surface area contributed by atoms with Gasteiger partial charge in [0.2, 0.25) is 0 Å². The largest absolute Gasteiger partial charge is 0.392 e. The second-order valence-electron chi connectivity index (χ2n) is 5.28. The molecule has 0 aliphatic carbocycles. The van der Waals surface area contributed by atoms with Crippen LogP contribution < -0.4 is 0 Å². The molecule has 0 fully saturated rings. The van der Waals surface area contributed by atoms with Crippen LogP contribution in [0.4, 0.5) is 0 Å². The molecular weight excluding hydrogens is 224 g/mol. The molecular formula is C15H24N2O. The fourth-order valence-corrected chi connectivity index (χ4v) is 2.60. The van der Waals surface area contributed by atoms with Crippen LogP contribution in [0.15, 0.2) is 21.6 Å². The molecule has 3 nitrogen and oxygen atoms in total. The van der Waals surface area contributed by atoms with Crippen molar-refractivity contribution in [2.75, 3.05) is 13.1 Å². The summed E-state index contributed by atoms with van der Waals surface area (Å²) < 4.78 is 0. The number of unbranched alkanes of at least 4 members (excludes halogenated alkanes) is 1. The van der Waals surface area contributed by atoms with Crippen molar-refractivity contribution in [1.82, 2.24) is 0 Å². The monoisotopic (exact) mass is 248 g/mol. The summed E-state index contributed by atoms with van der Waals surface area (Å²) in [5.41, 5.74) is 1.37. The molecule has 0 aromatic rings. The Kier molecular flexibility index (Phi) is 5.59. The molecule has 3 heteroatoms. The van der Waals surface area contributed by atoms with Gasteiger partial charge in [0.15, 0.2) is 0 Å². The molecule has 100 valence electrons. The van der Waals surface area contributed by atoms with Crippen LogP contribution >= 0.6 is 0 Å². The van der Waals surface area contributed by atoms with Crippen molar-refractivity contribution in [3.63, 3.8) is 0 Å². The highest BCUT2D eigenvalue weighted by Gasteiger charge is 2.18. The highest BCUT2D eigenvalue weighted by atomic mass is 16.3. The SMILES string of the molecule is OC(CCC/C=C1/C=NCCC1)C1C=NCCC1. The minimum atomic E-state index is -0.201. The number of hydrogen-bond donors (Lipinski definition) is 1. The van der Waals surface area contributed by atoms with Gasteiger partial charge >= 0.3 is 0 Å². The lowest BCUT2D eigenvalue weighted by Crippen LogP contribution is -2.24. The predicted octanol–water partition coefficient (Wildman–Crippen LogP) is 2.79. The first-order valence-electron chi connectivity index (χ1n) is 7.23. The summed E-state index contributed by atoms with van der Waals surface area (Å²) in [5, 5.41) is 10.1. The van der Waals surface area contributed by atoms with E-state index in [-0.39, 0.29) is 6.10 Å². The van der Waals surface area contributed by atoms with E-state index in [0.29, 0.717) is 5.92 Å². The molecule has 2 unspecified atom stereocenters. The fourth-order valence-electron chi connectivity index (χ4n) is 2.60. The molecule has 2 heterocycles. The van der Waals surface area contributed by atoms with E-state index in [2.05, 4.69) is 16.1 Å². The van der Waals surface area contributed by atoms with Crippen molar-refractivity contribution in [1.29, 1.82) is 0 Å². The zero-order valence-electron chi connectivity index (χ0n) is 11.1. The van der Waals surface area contributed by atoms with Gasteiger partial charge in [-0.2, -0.15) is 0 Å². The Balaban J connectivity index is 1.65. The van der Waals surface area contributed by atoms with Gasteiger partial charge in [-0.3, -0.25) is 9.98 Å². The minimum Gasteiger partial charge on any atom is -0.392 e. The minimum absolute atomic E-state index is 0.201. The highest BCUT2D eigenvalue weighted by molar-refractivity contribution is 5.79. The van der Waals surface area contributed by atoms with Crippen LogP contribution in [-0.2, 0) is 0 Å². The Labute approximate surface area is 110 Å². The third kappa shape index (κ3) is 4.37. The molecule has 0 spiro atoms. The number of hydrogen-bond acceptors (Lipinski definition) is 3. The van der Waals surface area contributed by atoms with Gasteiger partial charge in [-0.1, -0.05) is 6.08 Å². The Bertz CT molecular complexity index is 333. The molecule has 18 heavy (non-hydrogen) atoms. The van der Waals surface area contributed by atoms with Gasteiger partial charge in [-0.15, -0.1) is 0 Å². The second-order valence-corrected chi connectivity index (χ2v) is 5.28. The van der Waals surface area contributed by atoms with Crippen molar-refractivity contribution in [3.8, 4) is 0 Å². The van der Waals surface area contributed by atoms with Crippen molar-refractivity contribution < 1.29 is 5.11 Å². The summed E-state index contributed by atoms with van der Waals surface area (Å²) in [7, 11) is 0. The van der Waals surface area contributed by atoms with Gasteiger partial charge in [0, 0.05) is 31.4 Å². The molecule has 0 saturated heterocycles. The lowest BCUT2D eigenvalue weighted by molar-refractivity contribution is 0.122. The van der Waals surface area contributed by atoms with Crippen molar-refractivity contribution in [2.45, 2.75) is 51.0 Å². The van der Waals surface area contributed by atoms with Gasteiger partial charge in [0.25, 0.3) is 0 Å². The van der Waals surface area contributed by atoms with Gasteiger partial charge in [0.05, 0.1) is 6.10 Å². The Hall–Kier alpha value is -0.960. The molecule has 0 radical (unpaired) electrons. The van der Waals surface area contributed by atoms with E-state index in [1.165, 1.54) is 18.4 Å². The lowest BCUT2D eigenvalue weighted by atomic mass is 9.92. The zero-order chi connectivity index (χ0) is 12.6. The molecule has 0 bridgehead atoms. The molecule has 1 N–H and O–H groups in total. The first-order chi connectivity index (χ1) is 8.86. The van der Waals surface area contributed by atoms with Crippen LogP contribution in [-0.4, -0.2) is 36.7 Å². The van der Waals surface area contributed by atoms with Crippen molar-refractivity contribution in [3.05, 3.63) is 11.6 Å². The number of nitrogens with zero attached hydrogens (tertiary/aromatic N) is 2. The van der Waals surface area contributed by atoms with E-state index < -0.39 is 0 Å². The van der Waals surface area contributed by atoms with Crippen LogP contribution in [0.2, 0.25) is 0 Å². The van der Waals surface area contributed by atoms with Gasteiger partial charge in [0.1, 0.15) is 0 Å². The van der Waals surface area contributed by atoms with E-state index in [1.807, 2.05) is 12.4 Å². The van der Waals surface area contributed by atoms with Crippen molar-refractivity contribution >= 4 is 12.4 Å². The Morgan fingerprint density at radius 2 is 2.22 bits per heavy atom. The maximum absolute atomic E-state index is 10.1. The molecule has 2 rings (SSSR count). The molecule has 0 saturated carbocycles. The van der Waals surface area contributed by atoms with E-state index in [0.717, 1.165) is 45.2 Å². The Morgan fingerprint density at radius 3 is 2.94 bits per heavy atom. The number of aliphatic hydroxyl groups excluding tert-OH is 1. The smallest absolute Gasteiger partial charge is 0.0617 e. The zero-order valence-corrected chi connectivity index (χ0v) is 11.1. The fraction of sp³-hybridized carbons (Fsp3) is 0.733. The van der Waals surface area contributed by atoms with E-state index in [4.69, 9.17) is 0 Å². The average molecular weight is 248 g/mol. The van der Waals surface area contributed by atoms with Gasteiger partial charge in [-0.05, 0) is 50.5 Å². The van der Waals surface area contributed by atoms with Crippen LogP contribution in [0.1, 0.15) is 44.9 Å². The summed E-state index contributed by atoms with van der Waals surface area (Å²) in [6.07, 6.45) is 13.6. The Morgan fingerprint density at radius 1 is 1.33 bits per heavy atom. The third-order valence-electron chi connectivity index (χ3n) is 3.74. The van der Waals surface area contributed by atoms with E-state index in [9.17, 15) is 5.11 Å². The first kappa shape index (κ1) is 13.5. The highest BCUT2D eigenvalue weighted by Crippen LogP contribution is 2.18. The lowest BCUT2D eigenvalue weighted by Gasteiger charge is -2.21. The molecule has 0 aromatic heterocycles. The second kappa shape index (κ2) is 7.47. The quantitative estimate of drug-likeness (QED) is 0.747. The van der Waals surface area contributed by atoms with E-state index in [1.54, 1.807) is 0 Å². The average Bonchev–Trinajstić information content (AvgIpc) is 2.45. The maximum Gasteiger partial charge on any atom is 0.0617 e. The van der Waals surface area contributed by atoms with Crippen LogP contribution in [0.25, 0.3) is 0 Å². The van der Waals surface area contributed by atoms with Gasteiger partial charge in [-0.25, -0.2) is 0 Å². The third-order valence-corrected chi connectivity index (χ3v) is 3.74. The molecule has 2 aliphatic rings. The summed E-state index contributed by atoms with van der Waals surface area (Å²) in [6, 6.07) is 0. The maximum atomic E-state index is 10.1.